The number of imidazole rings is 1. The van der Waals surface area contributed by atoms with Crippen LogP contribution in [0.2, 0.25) is 0 Å². The molecule has 0 radical (unpaired) electrons. The van der Waals surface area contributed by atoms with Gasteiger partial charge in [-0.05, 0) is 47.6 Å². The summed E-state index contributed by atoms with van der Waals surface area (Å²) in [7, 11) is 0. The molecule has 3 rings (SSSR count). The van der Waals surface area contributed by atoms with Crippen molar-refractivity contribution in [3.8, 4) is 5.75 Å². The van der Waals surface area contributed by atoms with E-state index in [9.17, 15) is 10.2 Å². The summed E-state index contributed by atoms with van der Waals surface area (Å²) in [4.78, 5) is 13.7. The first kappa shape index (κ1) is 20.9. The Balaban J connectivity index is 1.99. The minimum atomic E-state index is -0.933. The molecule has 3 aromatic rings. The smallest absolute Gasteiger partial charge is 0.227 e. The molecule has 0 amide bonds. The molecule has 8 nitrogen and oxygen atoms in total. The van der Waals surface area contributed by atoms with E-state index >= 15 is 0 Å². The molecule has 1 aromatic carbocycles. The van der Waals surface area contributed by atoms with Crippen LogP contribution in [0.1, 0.15) is 51.8 Å². The zero-order valence-electron chi connectivity index (χ0n) is 17.9. The zero-order chi connectivity index (χ0) is 21.3. The monoisotopic (exact) mass is 398 g/mol. The molecule has 0 bridgehead atoms. The second-order valence-electron chi connectivity index (χ2n) is 8.32. The summed E-state index contributed by atoms with van der Waals surface area (Å²) in [6.07, 6.45) is 1.75. The molecule has 29 heavy (non-hydrogen) atoms. The number of phenolic OH excluding ortho intramolecular Hbond substituents is 1. The highest BCUT2D eigenvalue weighted by Crippen LogP contribution is 2.26. The maximum Gasteiger partial charge on any atom is 0.227 e. The number of aryl methyl sites for hydroxylation is 1. The van der Waals surface area contributed by atoms with Crippen molar-refractivity contribution in [1.29, 1.82) is 0 Å². The second-order valence-corrected chi connectivity index (χ2v) is 8.32. The summed E-state index contributed by atoms with van der Waals surface area (Å²) < 4.78 is 1.98. The summed E-state index contributed by atoms with van der Waals surface area (Å²) in [5, 5.41) is 26.9. The minimum absolute atomic E-state index is 0.183. The van der Waals surface area contributed by atoms with Crippen LogP contribution in [0, 0.1) is 6.92 Å². The van der Waals surface area contributed by atoms with Crippen molar-refractivity contribution in [2.45, 2.75) is 65.8 Å². The van der Waals surface area contributed by atoms with Crippen LogP contribution >= 0.6 is 0 Å². The van der Waals surface area contributed by atoms with Crippen LogP contribution in [0.5, 0.6) is 5.75 Å². The van der Waals surface area contributed by atoms with E-state index in [1.165, 1.54) is 0 Å². The number of aromatic nitrogens is 4. The number of nitrogens with one attached hydrogen (secondary N) is 2. The molecule has 4 N–H and O–H groups in total. The number of benzene rings is 1. The van der Waals surface area contributed by atoms with Gasteiger partial charge in [-0.1, -0.05) is 17.7 Å². The van der Waals surface area contributed by atoms with E-state index in [4.69, 9.17) is 0 Å². The number of nitrogens with zero attached hydrogens (tertiary/aromatic N) is 4. The highest BCUT2D eigenvalue weighted by Gasteiger charge is 2.24. The second kappa shape index (κ2) is 7.87. The maximum atomic E-state index is 10.3. The lowest BCUT2D eigenvalue weighted by molar-refractivity contribution is 0.0646. The molecule has 1 atom stereocenters. The first-order valence-electron chi connectivity index (χ1n) is 9.82. The van der Waals surface area contributed by atoms with Gasteiger partial charge in [-0.15, -0.1) is 0 Å². The molecule has 8 heteroatoms. The number of phenols is 1. The van der Waals surface area contributed by atoms with E-state index in [1.807, 2.05) is 30.5 Å². The topological polar surface area (TPSA) is 108 Å². The standard InChI is InChI=1S/C21H30N6O2/c1-12(2)27-11-23-17-18(22-10-15-9-13(3)7-8-16(15)28)25-20(26-19(17)27)24-14(4)21(5,6)29/h7-9,11-12,14,28-29H,10H2,1-6H3,(H2,22,24,25,26). The predicted molar refractivity (Wildman–Crippen MR) is 115 cm³/mol. The third kappa shape index (κ3) is 4.59. The number of anilines is 2. The van der Waals surface area contributed by atoms with Crippen LogP contribution in [-0.4, -0.2) is 41.4 Å². The Bertz CT molecular complexity index is 1010. The lowest BCUT2D eigenvalue weighted by Crippen LogP contribution is -2.39. The van der Waals surface area contributed by atoms with Gasteiger partial charge in [0.25, 0.3) is 0 Å². The lowest BCUT2D eigenvalue weighted by Gasteiger charge is -2.26. The van der Waals surface area contributed by atoms with Gasteiger partial charge in [0.2, 0.25) is 5.95 Å². The van der Waals surface area contributed by atoms with Crippen molar-refractivity contribution in [1.82, 2.24) is 19.5 Å². The molecule has 0 saturated heterocycles. The van der Waals surface area contributed by atoms with Crippen molar-refractivity contribution in [3.05, 3.63) is 35.7 Å². The molecule has 1 unspecified atom stereocenters. The van der Waals surface area contributed by atoms with Gasteiger partial charge in [0.1, 0.15) is 5.75 Å². The van der Waals surface area contributed by atoms with Crippen LogP contribution in [0.4, 0.5) is 11.8 Å². The molecule has 0 saturated carbocycles. The van der Waals surface area contributed by atoms with Crippen LogP contribution in [0.25, 0.3) is 11.2 Å². The van der Waals surface area contributed by atoms with E-state index in [-0.39, 0.29) is 17.8 Å². The molecular weight excluding hydrogens is 368 g/mol. The van der Waals surface area contributed by atoms with Crippen LogP contribution in [0.3, 0.4) is 0 Å². The Morgan fingerprint density at radius 2 is 1.90 bits per heavy atom. The van der Waals surface area contributed by atoms with E-state index in [0.717, 1.165) is 11.1 Å². The molecule has 0 spiro atoms. The quantitative estimate of drug-likeness (QED) is 0.481. The van der Waals surface area contributed by atoms with Gasteiger partial charge >= 0.3 is 0 Å². The lowest BCUT2D eigenvalue weighted by atomic mass is 10.0. The van der Waals surface area contributed by atoms with Crippen LogP contribution in [0.15, 0.2) is 24.5 Å². The van der Waals surface area contributed by atoms with Crippen LogP contribution < -0.4 is 10.6 Å². The largest absolute Gasteiger partial charge is 0.508 e. The number of hydrogen-bond acceptors (Lipinski definition) is 7. The fourth-order valence-electron chi connectivity index (χ4n) is 2.89. The highest BCUT2D eigenvalue weighted by molar-refractivity contribution is 5.84. The Morgan fingerprint density at radius 1 is 1.17 bits per heavy atom. The molecule has 2 aromatic heterocycles. The van der Waals surface area contributed by atoms with Gasteiger partial charge < -0.3 is 25.4 Å². The third-order valence-electron chi connectivity index (χ3n) is 5.06. The predicted octanol–water partition coefficient (Wildman–Crippen LogP) is 3.60. The van der Waals surface area contributed by atoms with Crippen molar-refractivity contribution in [2.24, 2.45) is 0 Å². The number of aromatic hydroxyl groups is 1. The van der Waals surface area contributed by atoms with Crippen LogP contribution in [-0.2, 0) is 6.54 Å². The van der Waals surface area contributed by atoms with Gasteiger partial charge in [-0.25, -0.2) is 4.98 Å². The molecule has 0 fully saturated rings. The summed E-state index contributed by atoms with van der Waals surface area (Å²) in [6.45, 7) is 11.9. The minimum Gasteiger partial charge on any atom is -0.508 e. The van der Waals surface area contributed by atoms with Gasteiger partial charge in [-0.3, -0.25) is 0 Å². The first-order valence-corrected chi connectivity index (χ1v) is 9.82. The molecule has 0 aliphatic heterocycles. The number of fused-ring (bicyclic) bond motifs is 1. The van der Waals surface area contributed by atoms with Crippen molar-refractivity contribution in [2.75, 3.05) is 10.6 Å². The molecular formula is C21H30N6O2. The van der Waals surface area contributed by atoms with E-state index in [2.05, 4.69) is 39.4 Å². The average molecular weight is 399 g/mol. The summed E-state index contributed by atoms with van der Waals surface area (Å²) in [5.41, 5.74) is 2.28. The normalized spacial score (nSPS) is 13.1. The van der Waals surface area contributed by atoms with Crippen molar-refractivity contribution >= 4 is 22.9 Å². The maximum absolute atomic E-state index is 10.3. The molecule has 0 aliphatic carbocycles. The Hall–Kier alpha value is -2.87. The number of hydrogen-bond donors (Lipinski definition) is 4. The highest BCUT2D eigenvalue weighted by atomic mass is 16.3. The zero-order valence-corrected chi connectivity index (χ0v) is 17.9. The fourth-order valence-corrected chi connectivity index (χ4v) is 2.89. The Kier molecular flexibility index (Phi) is 5.66. The summed E-state index contributed by atoms with van der Waals surface area (Å²) in [5.74, 6) is 1.21. The molecule has 2 heterocycles. The molecule has 156 valence electrons. The van der Waals surface area contributed by atoms with E-state index < -0.39 is 5.60 Å². The Morgan fingerprint density at radius 3 is 2.55 bits per heavy atom. The number of rotatable bonds is 7. The molecule has 0 aliphatic rings. The van der Waals surface area contributed by atoms with E-state index in [1.54, 1.807) is 26.2 Å². The van der Waals surface area contributed by atoms with Crippen molar-refractivity contribution in [3.63, 3.8) is 0 Å². The average Bonchev–Trinajstić information content (AvgIpc) is 3.05. The van der Waals surface area contributed by atoms with Gasteiger partial charge in [0.15, 0.2) is 17.0 Å². The Labute approximate surface area is 171 Å². The summed E-state index contributed by atoms with van der Waals surface area (Å²) >= 11 is 0. The van der Waals surface area contributed by atoms with Crippen molar-refractivity contribution < 1.29 is 10.2 Å². The first-order chi connectivity index (χ1) is 13.6. The number of aliphatic hydroxyl groups is 1. The van der Waals surface area contributed by atoms with E-state index in [0.29, 0.717) is 29.5 Å². The van der Waals surface area contributed by atoms with Gasteiger partial charge in [-0.2, -0.15) is 9.97 Å². The SMILES string of the molecule is Cc1ccc(O)c(CNc2nc(NC(C)C(C)(C)O)nc3c2ncn3C(C)C)c1. The summed E-state index contributed by atoms with van der Waals surface area (Å²) in [6, 6.07) is 5.41. The fraction of sp³-hybridized carbons (Fsp3) is 0.476. The van der Waals surface area contributed by atoms with Gasteiger partial charge in [0, 0.05) is 18.2 Å². The third-order valence-corrected chi connectivity index (χ3v) is 5.06. The van der Waals surface area contributed by atoms with Gasteiger partial charge in [0.05, 0.1) is 18.0 Å².